The van der Waals surface area contributed by atoms with Gasteiger partial charge in [-0.15, -0.1) is 22.9 Å². The summed E-state index contributed by atoms with van der Waals surface area (Å²) in [5, 5.41) is 2.47. The molecule has 0 aliphatic heterocycles. The molecule has 0 bridgehead atoms. The molecule has 1 aromatic heterocycles. The Morgan fingerprint density at radius 3 is 2.65 bits per heavy atom. The zero-order chi connectivity index (χ0) is 12.4. The standard InChI is InChI=1S/C12H9Cl2IOS/c1-16-8-2-3-9(10(13)5-8)12(14)7-4-11(15)17-6-7/h2-6,12H,1H3. The van der Waals surface area contributed by atoms with Crippen molar-refractivity contribution in [3.63, 3.8) is 0 Å². The quantitative estimate of drug-likeness (QED) is 0.500. The van der Waals surface area contributed by atoms with Gasteiger partial charge < -0.3 is 4.74 Å². The third kappa shape index (κ3) is 3.08. The number of alkyl halides is 1. The molecular weight excluding hydrogens is 390 g/mol. The number of halogens is 3. The molecule has 5 heteroatoms. The van der Waals surface area contributed by atoms with Crippen LogP contribution in [0.1, 0.15) is 16.5 Å². The maximum Gasteiger partial charge on any atom is 0.120 e. The minimum absolute atomic E-state index is 0.215. The van der Waals surface area contributed by atoms with Crippen molar-refractivity contribution in [3.8, 4) is 5.75 Å². The maximum atomic E-state index is 6.42. The molecule has 1 heterocycles. The third-order valence-electron chi connectivity index (χ3n) is 2.36. The molecule has 0 N–H and O–H groups in total. The summed E-state index contributed by atoms with van der Waals surface area (Å²) in [5.74, 6) is 0.738. The van der Waals surface area contributed by atoms with Gasteiger partial charge in [-0.2, -0.15) is 0 Å². The van der Waals surface area contributed by atoms with Crippen LogP contribution >= 0.6 is 57.1 Å². The minimum Gasteiger partial charge on any atom is -0.497 e. The van der Waals surface area contributed by atoms with E-state index in [0.717, 1.165) is 16.9 Å². The summed E-state index contributed by atoms with van der Waals surface area (Å²) in [6.45, 7) is 0. The van der Waals surface area contributed by atoms with Gasteiger partial charge in [0.1, 0.15) is 5.75 Å². The Labute approximate surface area is 128 Å². The Hall–Kier alpha value is 0.0300. The number of hydrogen-bond donors (Lipinski definition) is 0. The van der Waals surface area contributed by atoms with Gasteiger partial charge in [0.25, 0.3) is 0 Å². The van der Waals surface area contributed by atoms with Crippen molar-refractivity contribution in [2.45, 2.75) is 5.38 Å². The van der Waals surface area contributed by atoms with Crippen molar-refractivity contribution in [1.82, 2.24) is 0 Å². The zero-order valence-corrected chi connectivity index (χ0v) is 13.4. The fourth-order valence-electron chi connectivity index (χ4n) is 1.48. The highest BCUT2D eigenvalue weighted by Crippen LogP contribution is 2.37. The average Bonchev–Trinajstić information content (AvgIpc) is 2.75. The number of methoxy groups -OCH3 is 1. The van der Waals surface area contributed by atoms with Crippen LogP contribution in [0.2, 0.25) is 5.02 Å². The summed E-state index contributed by atoms with van der Waals surface area (Å²) >= 11 is 16.6. The summed E-state index contributed by atoms with van der Waals surface area (Å²) in [6, 6.07) is 7.63. The summed E-state index contributed by atoms with van der Waals surface area (Å²) in [6.07, 6.45) is 0. The second-order valence-electron chi connectivity index (χ2n) is 3.43. The van der Waals surface area contributed by atoms with Crippen LogP contribution in [0.15, 0.2) is 29.6 Å². The Kier molecular flexibility index (Phi) is 4.58. The molecule has 0 saturated carbocycles. The van der Waals surface area contributed by atoms with Crippen molar-refractivity contribution in [2.75, 3.05) is 7.11 Å². The van der Waals surface area contributed by atoms with E-state index in [2.05, 4.69) is 34.0 Å². The van der Waals surface area contributed by atoms with Crippen molar-refractivity contribution < 1.29 is 4.74 Å². The number of rotatable bonds is 3. The highest BCUT2D eigenvalue weighted by molar-refractivity contribution is 14.1. The number of benzene rings is 1. The Morgan fingerprint density at radius 1 is 1.35 bits per heavy atom. The van der Waals surface area contributed by atoms with Crippen LogP contribution in [-0.2, 0) is 0 Å². The second-order valence-corrected chi connectivity index (χ2v) is 7.08. The fraction of sp³-hybridized carbons (Fsp3) is 0.167. The molecule has 2 aromatic rings. The fourth-order valence-corrected chi connectivity index (χ4v) is 3.60. The lowest BCUT2D eigenvalue weighted by molar-refractivity contribution is 0.414. The Balaban J connectivity index is 2.34. The first-order valence-electron chi connectivity index (χ1n) is 4.83. The van der Waals surface area contributed by atoms with E-state index in [1.54, 1.807) is 24.5 Å². The molecule has 90 valence electrons. The van der Waals surface area contributed by atoms with E-state index >= 15 is 0 Å². The molecule has 17 heavy (non-hydrogen) atoms. The lowest BCUT2D eigenvalue weighted by atomic mass is 10.1. The van der Waals surface area contributed by atoms with Gasteiger partial charge in [0.15, 0.2) is 0 Å². The first-order chi connectivity index (χ1) is 8.11. The molecule has 0 saturated heterocycles. The highest BCUT2D eigenvalue weighted by atomic mass is 127. The van der Waals surface area contributed by atoms with Crippen LogP contribution in [0.3, 0.4) is 0 Å². The first kappa shape index (κ1) is 13.5. The summed E-state index contributed by atoms with van der Waals surface area (Å²) < 4.78 is 6.33. The second kappa shape index (κ2) is 5.78. The predicted octanol–water partition coefficient (Wildman–Crippen LogP) is 5.34. The molecule has 1 atom stereocenters. The van der Waals surface area contributed by atoms with E-state index in [0.29, 0.717) is 5.02 Å². The van der Waals surface area contributed by atoms with Crippen molar-refractivity contribution in [1.29, 1.82) is 0 Å². The summed E-state index contributed by atoms with van der Waals surface area (Å²) in [4.78, 5) is 0. The Morgan fingerprint density at radius 2 is 2.12 bits per heavy atom. The van der Waals surface area contributed by atoms with Crippen molar-refractivity contribution in [3.05, 3.63) is 48.7 Å². The van der Waals surface area contributed by atoms with E-state index in [9.17, 15) is 0 Å². The molecule has 1 unspecified atom stereocenters. The van der Waals surface area contributed by atoms with E-state index < -0.39 is 0 Å². The summed E-state index contributed by atoms with van der Waals surface area (Å²) in [7, 11) is 1.62. The van der Waals surface area contributed by atoms with Gasteiger partial charge in [-0.25, -0.2) is 0 Å². The van der Waals surface area contributed by atoms with Gasteiger partial charge in [0.2, 0.25) is 0 Å². The number of thiophene rings is 1. The van der Waals surface area contributed by atoms with Crippen LogP contribution in [0, 0.1) is 2.88 Å². The third-order valence-corrected chi connectivity index (χ3v) is 4.98. The predicted molar refractivity (Wildman–Crippen MR) is 82.7 cm³/mol. The van der Waals surface area contributed by atoms with Gasteiger partial charge in [-0.05, 0) is 57.3 Å². The molecule has 0 aliphatic rings. The van der Waals surface area contributed by atoms with E-state index in [1.807, 2.05) is 12.1 Å². The molecular formula is C12H9Cl2IOS. The average molecular weight is 399 g/mol. The smallest absolute Gasteiger partial charge is 0.120 e. The zero-order valence-electron chi connectivity index (χ0n) is 8.91. The topological polar surface area (TPSA) is 9.23 Å². The van der Waals surface area contributed by atoms with Gasteiger partial charge in [0, 0.05) is 5.02 Å². The first-order valence-corrected chi connectivity index (χ1v) is 7.60. The molecule has 0 spiro atoms. The molecule has 0 fully saturated rings. The van der Waals surface area contributed by atoms with Crippen LogP contribution in [0.25, 0.3) is 0 Å². The molecule has 2 rings (SSSR count). The molecule has 0 radical (unpaired) electrons. The van der Waals surface area contributed by atoms with Crippen LogP contribution in [0.4, 0.5) is 0 Å². The van der Waals surface area contributed by atoms with Crippen LogP contribution in [-0.4, -0.2) is 7.11 Å². The van der Waals surface area contributed by atoms with Gasteiger partial charge in [-0.3, -0.25) is 0 Å². The molecule has 0 amide bonds. The van der Waals surface area contributed by atoms with E-state index in [1.165, 1.54) is 2.88 Å². The molecule has 1 aromatic carbocycles. The Bertz CT molecular complexity index is 527. The number of hydrogen-bond acceptors (Lipinski definition) is 2. The molecule has 1 nitrogen and oxygen atoms in total. The van der Waals surface area contributed by atoms with E-state index in [-0.39, 0.29) is 5.38 Å². The van der Waals surface area contributed by atoms with Crippen LogP contribution < -0.4 is 4.74 Å². The summed E-state index contributed by atoms with van der Waals surface area (Å²) in [5.41, 5.74) is 1.98. The largest absolute Gasteiger partial charge is 0.497 e. The van der Waals surface area contributed by atoms with Crippen molar-refractivity contribution in [2.24, 2.45) is 0 Å². The number of ether oxygens (including phenoxy) is 1. The van der Waals surface area contributed by atoms with E-state index in [4.69, 9.17) is 27.9 Å². The normalized spacial score (nSPS) is 12.5. The lowest BCUT2D eigenvalue weighted by Crippen LogP contribution is -1.93. The van der Waals surface area contributed by atoms with Crippen LogP contribution in [0.5, 0.6) is 5.75 Å². The van der Waals surface area contributed by atoms with Crippen molar-refractivity contribution >= 4 is 57.1 Å². The SMILES string of the molecule is COc1ccc(C(Cl)c2csc(I)c2)c(Cl)c1. The van der Waals surface area contributed by atoms with Gasteiger partial charge in [-0.1, -0.05) is 17.7 Å². The highest BCUT2D eigenvalue weighted by Gasteiger charge is 2.16. The monoisotopic (exact) mass is 398 g/mol. The maximum absolute atomic E-state index is 6.42. The minimum atomic E-state index is -0.215. The van der Waals surface area contributed by atoms with Gasteiger partial charge >= 0.3 is 0 Å². The molecule has 0 aliphatic carbocycles. The van der Waals surface area contributed by atoms with Gasteiger partial charge in [0.05, 0.1) is 15.4 Å². The lowest BCUT2D eigenvalue weighted by Gasteiger charge is -2.11.